The van der Waals surface area contributed by atoms with Crippen molar-refractivity contribution in [3.63, 3.8) is 0 Å². The first-order valence-corrected chi connectivity index (χ1v) is 5.25. The third-order valence-electron chi connectivity index (χ3n) is 2.27. The molecule has 0 aliphatic rings. The van der Waals surface area contributed by atoms with Crippen molar-refractivity contribution in [2.24, 2.45) is 5.73 Å². The van der Waals surface area contributed by atoms with Crippen molar-refractivity contribution < 1.29 is 23.5 Å². The quantitative estimate of drug-likeness (QED) is 0.789. The summed E-state index contributed by atoms with van der Waals surface area (Å²) in [4.78, 5) is 22.1. The number of halogens is 1. The van der Waals surface area contributed by atoms with Crippen LogP contribution in [0.2, 0.25) is 0 Å². The Balaban J connectivity index is 2.65. The number of hydrogen-bond acceptors (Lipinski definition) is 4. The Hall–Kier alpha value is -2.11. The first-order valence-electron chi connectivity index (χ1n) is 5.25. The second kappa shape index (κ2) is 6.00. The smallest absolute Gasteiger partial charge is 0.311 e. The van der Waals surface area contributed by atoms with Gasteiger partial charge in [-0.3, -0.25) is 9.59 Å². The highest BCUT2D eigenvalue weighted by molar-refractivity contribution is 5.82. The van der Waals surface area contributed by atoms with Crippen molar-refractivity contribution in [2.45, 2.75) is 19.4 Å². The minimum atomic E-state index is -0.999. The van der Waals surface area contributed by atoms with Crippen LogP contribution < -0.4 is 10.5 Å². The summed E-state index contributed by atoms with van der Waals surface area (Å²) in [5.41, 5.74) is 5.37. The molecule has 1 rings (SSSR count). The molecule has 0 aromatic heterocycles. The molecule has 0 aliphatic carbocycles. The van der Waals surface area contributed by atoms with Crippen LogP contribution in [0.1, 0.15) is 12.5 Å². The molecule has 0 bridgehead atoms. The van der Waals surface area contributed by atoms with Gasteiger partial charge in [-0.2, -0.15) is 0 Å². The molecule has 0 heterocycles. The van der Waals surface area contributed by atoms with Gasteiger partial charge < -0.3 is 15.2 Å². The molecule has 1 unspecified atom stereocenters. The lowest BCUT2D eigenvalue weighted by atomic mass is 10.1. The van der Waals surface area contributed by atoms with Gasteiger partial charge in [-0.15, -0.1) is 0 Å². The SMILES string of the molecule is COc1ccc(CC(=O)OC(C)C(N)=O)cc1F. The van der Waals surface area contributed by atoms with Gasteiger partial charge in [0.15, 0.2) is 17.7 Å². The molecule has 0 fully saturated rings. The molecule has 1 amide bonds. The van der Waals surface area contributed by atoms with Crippen LogP contribution in [0.3, 0.4) is 0 Å². The van der Waals surface area contributed by atoms with Crippen LogP contribution in [0.5, 0.6) is 5.75 Å². The van der Waals surface area contributed by atoms with E-state index in [1.807, 2.05) is 0 Å². The van der Waals surface area contributed by atoms with E-state index >= 15 is 0 Å². The maximum Gasteiger partial charge on any atom is 0.311 e. The lowest BCUT2D eigenvalue weighted by molar-refractivity contribution is -0.153. The minimum Gasteiger partial charge on any atom is -0.494 e. The molecule has 0 saturated heterocycles. The Labute approximate surface area is 104 Å². The lowest BCUT2D eigenvalue weighted by Gasteiger charge is -2.10. The molecule has 1 aromatic carbocycles. The van der Waals surface area contributed by atoms with E-state index in [2.05, 4.69) is 0 Å². The highest BCUT2D eigenvalue weighted by atomic mass is 19.1. The fourth-order valence-corrected chi connectivity index (χ4v) is 1.28. The van der Waals surface area contributed by atoms with E-state index in [0.717, 1.165) is 0 Å². The van der Waals surface area contributed by atoms with Gasteiger partial charge in [-0.1, -0.05) is 6.07 Å². The number of esters is 1. The number of amides is 1. The Bertz CT molecular complexity index is 461. The van der Waals surface area contributed by atoms with E-state index in [1.54, 1.807) is 0 Å². The molecule has 98 valence electrons. The molecule has 0 aliphatic heterocycles. The van der Waals surface area contributed by atoms with E-state index in [1.165, 1.54) is 32.2 Å². The van der Waals surface area contributed by atoms with Crippen molar-refractivity contribution in [3.8, 4) is 5.75 Å². The first kappa shape index (κ1) is 14.0. The van der Waals surface area contributed by atoms with Crippen LogP contribution in [0.25, 0.3) is 0 Å². The molecule has 1 aromatic rings. The Morgan fingerprint density at radius 1 is 1.44 bits per heavy atom. The predicted octanol–water partition coefficient (Wildman–Crippen LogP) is 0.794. The number of primary amides is 1. The number of carbonyl (C=O) groups is 2. The van der Waals surface area contributed by atoms with Crippen LogP contribution in [-0.4, -0.2) is 25.1 Å². The number of methoxy groups -OCH3 is 1. The molecule has 2 N–H and O–H groups in total. The van der Waals surface area contributed by atoms with Crippen molar-refractivity contribution in [1.82, 2.24) is 0 Å². The van der Waals surface area contributed by atoms with E-state index in [4.69, 9.17) is 15.2 Å². The fraction of sp³-hybridized carbons (Fsp3) is 0.333. The zero-order valence-electron chi connectivity index (χ0n) is 10.1. The second-order valence-electron chi connectivity index (χ2n) is 3.68. The number of ether oxygens (including phenoxy) is 2. The summed E-state index contributed by atoms with van der Waals surface area (Å²) < 4.78 is 22.8. The summed E-state index contributed by atoms with van der Waals surface area (Å²) in [6.07, 6.45) is -1.14. The number of rotatable bonds is 5. The maximum atomic E-state index is 13.3. The molecule has 1 atom stereocenters. The van der Waals surface area contributed by atoms with Crippen LogP contribution in [0, 0.1) is 5.82 Å². The molecular formula is C12H14FNO4. The van der Waals surface area contributed by atoms with Crippen LogP contribution in [-0.2, 0) is 20.7 Å². The third kappa shape index (κ3) is 3.73. The van der Waals surface area contributed by atoms with Crippen LogP contribution in [0.15, 0.2) is 18.2 Å². The van der Waals surface area contributed by atoms with Crippen molar-refractivity contribution in [3.05, 3.63) is 29.6 Å². The zero-order valence-corrected chi connectivity index (χ0v) is 10.1. The highest BCUT2D eigenvalue weighted by Crippen LogP contribution is 2.18. The van der Waals surface area contributed by atoms with Crippen molar-refractivity contribution >= 4 is 11.9 Å². The van der Waals surface area contributed by atoms with Gasteiger partial charge in [0, 0.05) is 0 Å². The van der Waals surface area contributed by atoms with E-state index in [9.17, 15) is 14.0 Å². The summed E-state index contributed by atoms with van der Waals surface area (Å²) in [6.45, 7) is 1.37. The van der Waals surface area contributed by atoms with Crippen LogP contribution in [0.4, 0.5) is 4.39 Å². The summed E-state index contributed by atoms with van der Waals surface area (Å²) in [7, 11) is 1.35. The zero-order chi connectivity index (χ0) is 13.7. The topological polar surface area (TPSA) is 78.6 Å². The molecule has 0 saturated carbocycles. The molecule has 0 spiro atoms. The maximum absolute atomic E-state index is 13.3. The third-order valence-corrected chi connectivity index (χ3v) is 2.27. The van der Waals surface area contributed by atoms with Crippen molar-refractivity contribution in [2.75, 3.05) is 7.11 Å². The first-order chi connectivity index (χ1) is 8.43. The Morgan fingerprint density at radius 2 is 2.11 bits per heavy atom. The standard InChI is InChI=1S/C12H14FNO4/c1-7(12(14)16)18-11(15)6-8-3-4-10(17-2)9(13)5-8/h3-5,7H,6H2,1-2H3,(H2,14,16). The molecular weight excluding hydrogens is 241 g/mol. The second-order valence-corrected chi connectivity index (χ2v) is 3.68. The van der Waals surface area contributed by atoms with Gasteiger partial charge in [0.25, 0.3) is 5.91 Å². The summed E-state index contributed by atoms with van der Waals surface area (Å²) in [5, 5.41) is 0. The normalized spacial score (nSPS) is 11.7. The van der Waals surface area contributed by atoms with Gasteiger partial charge in [0.05, 0.1) is 13.5 Å². The molecule has 6 heteroatoms. The Morgan fingerprint density at radius 3 is 2.61 bits per heavy atom. The molecule has 0 radical (unpaired) electrons. The monoisotopic (exact) mass is 255 g/mol. The average molecular weight is 255 g/mol. The van der Waals surface area contributed by atoms with Gasteiger partial charge >= 0.3 is 5.97 Å². The van der Waals surface area contributed by atoms with Crippen molar-refractivity contribution in [1.29, 1.82) is 0 Å². The van der Waals surface area contributed by atoms with E-state index in [-0.39, 0.29) is 12.2 Å². The van der Waals surface area contributed by atoms with Gasteiger partial charge in [-0.05, 0) is 24.6 Å². The van der Waals surface area contributed by atoms with Crippen LogP contribution >= 0.6 is 0 Å². The lowest BCUT2D eigenvalue weighted by Crippen LogP contribution is -2.30. The predicted molar refractivity (Wildman–Crippen MR) is 61.4 cm³/mol. The number of carbonyl (C=O) groups excluding carboxylic acids is 2. The number of benzene rings is 1. The number of hydrogen-bond donors (Lipinski definition) is 1. The van der Waals surface area contributed by atoms with E-state index in [0.29, 0.717) is 5.56 Å². The highest BCUT2D eigenvalue weighted by Gasteiger charge is 2.15. The number of nitrogens with two attached hydrogens (primary N) is 1. The van der Waals surface area contributed by atoms with Gasteiger partial charge in [0.2, 0.25) is 0 Å². The molecule has 18 heavy (non-hydrogen) atoms. The van der Waals surface area contributed by atoms with E-state index < -0.39 is 23.8 Å². The van der Waals surface area contributed by atoms with Gasteiger partial charge in [0.1, 0.15) is 0 Å². The summed E-state index contributed by atoms with van der Waals surface area (Å²) in [6, 6.07) is 4.13. The minimum absolute atomic E-state index is 0.0950. The largest absolute Gasteiger partial charge is 0.494 e. The average Bonchev–Trinajstić information content (AvgIpc) is 2.28. The summed E-state index contributed by atoms with van der Waals surface area (Å²) >= 11 is 0. The fourth-order valence-electron chi connectivity index (χ4n) is 1.28. The Kier molecular flexibility index (Phi) is 4.65. The summed E-state index contributed by atoms with van der Waals surface area (Å²) in [5.74, 6) is -1.85. The molecule has 5 nitrogen and oxygen atoms in total. The van der Waals surface area contributed by atoms with Gasteiger partial charge in [-0.25, -0.2) is 4.39 Å².